The summed E-state index contributed by atoms with van der Waals surface area (Å²) in [5.41, 5.74) is 3.25. The molecule has 2 heterocycles. The van der Waals surface area contributed by atoms with Crippen LogP contribution in [0.25, 0.3) is 0 Å². The number of carbonyl (C=O) groups is 2. The quantitative estimate of drug-likeness (QED) is 0.785. The molecule has 1 aliphatic rings. The number of aliphatic carboxylic acids is 2. The molecule has 0 fully saturated rings. The molecular formula is C21H21NO4S. The van der Waals surface area contributed by atoms with E-state index >= 15 is 0 Å². The van der Waals surface area contributed by atoms with Crippen molar-refractivity contribution < 1.29 is 19.8 Å². The first-order chi connectivity index (χ1) is 12.9. The Labute approximate surface area is 161 Å². The van der Waals surface area contributed by atoms with E-state index in [1.165, 1.54) is 0 Å². The van der Waals surface area contributed by atoms with Gasteiger partial charge in [-0.05, 0) is 48.2 Å². The molecule has 2 aromatic rings. The smallest absolute Gasteiger partial charge is 0.334 e. The number of benzene rings is 1. The molecule has 140 valence electrons. The van der Waals surface area contributed by atoms with Crippen molar-refractivity contribution >= 4 is 23.3 Å². The molecule has 0 radical (unpaired) electrons. The van der Waals surface area contributed by atoms with E-state index in [1.54, 1.807) is 49.4 Å². The normalized spacial score (nSPS) is 15.4. The molecule has 5 nitrogen and oxygen atoms in total. The van der Waals surface area contributed by atoms with Crippen molar-refractivity contribution in [2.75, 3.05) is 6.54 Å². The van der Waals surface area contributed by atoms with Crippen molar-refractivity contribution in [2.45, 2.75) is 26.2 Å². The maximum Gasteiger partial charge on any atom is 0.334 e. The maximum atomic E-state index is 12.1. The fraction of sp³-hybridized carbons (Fsp3) is 0.238. The third kappa shape index (κ3) is 3.66. The summed E-state index contributed by atoms with van der Waals surface area (Å²) in [6.45, 7) is 4.05. The lowest BCUT2D eigenvalue weighted by Gasteiger charge is -2.37. The number of carboxylic acids is 2. The van der Waals surface area contributed by atoms with E-state index < -0.39 is 17.9 Å². The molecule has 0 bridgehead atoms. The molecule has 0 amide bonds. The van der Waals surface area contributed by atoms with E-state index in [-0.39, 0.29) is 11.1 Å². The summed E-state index contributed by atoms with van der Waals surface area (Å²) in [5, 5.41) is 23.8. The van der Waals surface area contributed by atoms with Gasteiger partial charge in [0, 0.05) is 17.9 Å². The van der Waals surface area contributed by atoms with Gasteiger partial charge in [-0.2, -0.15) is 11.3 Å². The molecule has 0 aliphatic carbocycles. The van der Waals surface area contributed by atoms with Crippen LogP contribution in [0.5, 0.6) is 0 Å². The number of hydrogen-bond donors (Lipinski definition) is 2. The zero-order valence-corrected chi connectivity index (χ0v) is 16.0. The summed E-state index contributed by atoms with van der Waals surface area (Å²) in [7, 11) is 0. The molecule has 0 spiro atoms. The summed E-state index contributed by atoms with van der Waals surface area (Å²) >= 11 is 1.61. The van der Waals surface area contributed by atoms with Crippen LogP contribution in [0.3, 0.4) is 0 Å². The van der Waals surface area contributed by atoms with Crippen LogP contribution in [0.4, 0.5) is 0 Å². The van der Waals surface area contributed by atoms with Crippen molar-refractivity contribution in [3.63, 3.8) is 0 Å². The van der Waals surface area contributed by atoms with Crippen LogP contribution in [-0.2, 0) is 16.0 Å². The first-order valence-electron chi connectivity index (χ1n) is 8.63. The largest absolute Gasteiger partial charge is 0.478 e. The van der Waals surface area contributed by atoms with Crippen LogP contribution < -0.4 is 0 Å². The lowest BCUT2D eigenvalue weighted by molar-refractivity contribution is -0.133. The van der Waals surface area contributed by atoms with E-state index in [9.17, 15) is 19.8 Å². The van der Waals surface area contributed by atoms with Crippen LogP contribution in [0.15, 0.2) is 69.7 Å². The summed E-state index contributed by atoms with van der Waals surface area (Å²) < 4.78 is 0. The van der Waals surface area contributed by atoms with Crippen LogP contribution in [0.1, 0.15) is 30.9 Å². The van der Waals surface area contributed by atoms with Gasteiger partial charge in [0.05, 0.1) is 17.1 Å². The highest BCUT2D eigenvalue weighted by atomic mass is 32.1. The Kier molecular flexibility index (Phi) is 5.46. The summed E-state index contributed by atoms with van der Waals surface area (Å²) in [6.07, 6.45) is 0.716. The topological polar surface area (TPSA) is 77.8 Å². The Morgan fingerprint density at radius 3 is 2.07 bits per heavy atom. The first-order valence-corrected chi connectivity index (χ1v) is 9.57. The Balaban J connectivity index is 2.09. The summed E-state index contributed by atoms with van der Waals surface area (Å²) in [6, 6.07) is 11.0. The van der Waals surface area contributed by atoms with Gasteiger partial charge >= 0.3 is 11.9 Å². The number of rotatable bonds is 6. The molecule has 0 atom stereocenters. The number of hydrogen-bond acceptors (Lipinski definition) is 4. The fourth-order valence-electron chi connectivity index (χ4n) is 3.65. The third-order valence-corrected chi connectivity index (χ3v) is 5.70. The fourth-order valence-corrected chi connectivity index (χ4v) is 4.35. The minimum atomic E-state index is -1.09. The molecule has 0 saturated heterocycles. The lowest BCUT2D eigenvalue weighted by Crippen LogP contribution is -2.35. The maximum absolute atomic E-state index is 12.1. The number of allylic oxidation sites excluding steroid dienone is 2. The standard InChI is InChI=1S/C21H21NO4S/c1-13-17(20(23)24)19(16-6-4-3-5-7-16)18(21(25)26)14(2)22(13)10-8-15-9-11-27-12-15/h3-7,9,11-12,19H,8,10H2,1-2H3,(H,23,24)(H,25,26). The average Bonchev–Trinajstić information content (AvgIpc) is 3.14. The average molecular weight is 383 g/mol. The first kappa shape index (κ1) is 18.9. The van der Waals surface area contributed by atoms with E-state index in [0.717, 1.165) is 5.56 Å². The highest BCUT2D eigenvalue weighted by Gasteiger charge is 2.39. The highest BCUT2D eigenvalue weighted by molar-refractivity contribution is 7.07. The molecule has 27 heavy (non-hydrogen) atoms. The van der Waals surface area contributed by atoms with Gasteiger partial charge in [-0.15, -0.1) is 0 Å². The Morgan fingerprint density at radius 1 is 1.00 bits per heavy atom. The molecule has 0 unspecified atom stereocenters. The van der Waals surface area contributed by atoms with E-state index in [0.29, 0.717) is 29.9 Å². The van der Waals surface area contributed by atoms with E-state index in [4.69, 9.17) is 0 Å². The van der Waals surface area contributed by atoms with Gasteiger partial charge in [0.1, 0.15) is 0 Å². The Bertz CT molecular complexity index is 875. The number of thiophene rings is 1. The zero-order chi connectivity index (χ0) is 19.6. The van der Waals surface area contributed by atoms with Crippen molar-refractivity contribution in [1.82, 2.24) is 4.90 Å². The molecule has 0 saturated carbocycles. The van der Waals surface area contributed by atoms with Gasteiger partial charge in [0.25, 0.3) is 0 Å². The van der Waals surface area contributed by atoms with Crippen molar-refractivity contribution in [3.05, 3.63) is 80.8 Å². The van der Waals surface area contributed by atoms with Gasteiger partial charge in [-0.3, -0.25) is 0 Å². The Hall–Kier alpha value is -2.86. The summed E-state index contributed by atoms with van der Waals surface area (Å²) in [5.74, 6) is -2.97. The highest BCUT2D eigenvalue weighted by Crippen LogP contribution is 2.41. The Morgan fingerprint density at radius 2 is 1.59 bits per heavy atom. The molecule has 3 rings (SSSR count). The third-order valence-electron chi connectivity index (χ3n) is 4.96. The zero-order valence-electron chi connectivity index (χ0n) is 15.2. The lowest BCUT2D eigenvalue weighted by atomic mass is 9.79. The van der Waals surface area contributed by atoms with Gasteiger partial charge < -0.3 is 15.1 Å². The van der Waals surface area contributed by atoms with E-state index in [1.807, 2.05) is 27.8 Å². The molecule has 6 heteroatoms. The second-order valence-electron chi connectivity index (χ2n) is 6.49. The predicted octanol–water partition coefficient (Wildman–Crippen LogP) is 4.11. The van der Waals surface area contributed by atoms with Crippen molar-refractivity contribution in [2.24, 2.45) is 0 Å². The molecule has 1 aromatic carbocycles. The molecular weight excluding hydrogens is 362 g/mol. The van der Waals surface area contributed by atoms with Crippen LogP contribution in [0.2, 0.25) is 0 Å². The second-order valence-corrected chi connectivity index (χ2v) is 7.27. The molecule has 1 aromatic heterocycles. The molecule has 2 N–H and O–H groups in total. The number of nitrogens with zero attached hydrogens (tertiary/aromatic N) is 1. The summed E-state index contributed by atoms with van der Waals surface area (Å²) in [4.78, 5) is 26.0. The molecule has 1 aliphatic heterocycles. The van der Waals surface area contributed by atoms with Crippen molar-refractivity contribution in [3.8, 4) is 0 Å². The van der Waals surface area contributed by atoms with Gasteiger partial charge in [0.2, 0.25) is 0 Å². The van der Waals surface area contributed by atoms with E-state index in [2.05, 4.69) is 0 Å². The van der Waals surface area contributed by atoms with Crippen molar-refractivity contribution in [1.29, 1.82) is 0 Å². The monoisotopic (exact) mass is 383 g/mol. The van der Waals surface area contributed by atoms with Gasteiger partial charge in [-0.1, -0.05) is 30.3 Å². The minimum absolute atomic E-state index is 0.120. The minimum Gasteiger partial charge on any atom is -0.478 e. The van der Waals surface area contributed by atoms with Crippen LogP contribution >= 0.6 is 11.3 Å². The van der Waals surface area contributed by atoms with Gasteiger partial charge in [-0.25, -0.2) is 9.59 Å². The second kappa shape index (κ2) is 7.80. The van der Waals surface area contributed by atoms with Crippen LogP contribution in [-0.4, -0.2) is 33.6 Å². The predicted molar refractivity (Wildman–Crippen MR) is 105 cm³/mol. The number of carboxylic acid groups (broad SMARTS) is 2. The SMILES string of the molecule is CC1=C(C(=O)O)C(c2ccccc2)C(C(=O)O)=C(C)N1CCc1ccsc1. The van der Waals surface area contributed by atoms with Gasteiger partial charge in [0.15, 0.2) is 0 Å². The van der Waals surface area contributed by atoms with Crippen LogP contribution in [0, 0.1) is 0 Å².